The van der Waals surface area contributed by atoms with E-state index in [1.54, 1.807) is 12.1 Å². The molecule has 4 rings (SSSR count). The fraction of sp³-hybridized carbons (Fsp3) is 0.125. The second-order valence-corrected chi connectivity index (χ2v) is 8.84. The number of esters is 2. The summed E-state index contributed by atoms with van der Waals surface area (Å²) in [4.78, 5) is 50.0. The van der Waals surface area contributed by atoms with E-state index in [0.29, 0.717) is 5.56 Å². The first-order chi connectivity index (χ1) is 18.9. The van der Waals surface area contributed by atoms with Crippen LogP contribution >= 0.6 is 0 Å². The van der Waals surface area contributed by atoms with E-state index in [9.17, 15) is 19.2 Å². The van der Waals surface area contributed by atoms with Gasteiger partial charge in [-0.2, -0.15) is 0 Å². The maximum absolute atomic E-state index is 13.0. The highest BCUT2D eigenvalue weighted by Crippen LogP contribution is 2.24. The van der Waals surface area contributed by atoms with Crippen LogP contribution in [-0.4, -0.2) is 36.8 Å². The molecule has 7 heteroatoms. The highest BCUT2D eigenvalue weighted by molar-refractivity contribution is 5.98. The van der Waals surface area contributed by atoms with Crippen LogP contribution in [0.5, 0.6) is 5.75 Å². The minimum Gasteiger partial charge on any atom is -0.456 e. The molecule has 0 radical (unpaired) electrons. The molecule has 0 heterocycles. The topological polar surface area (TPSA) is 98.8 Å². The Balaban J connectivity index is 1.27. The highest BCUT2D eigenvalue weighted by atomic mass is 16.5. The van der Waals surface area contributed by atoms with Crippen LogP contribution in [-0.2, 0) is 14.3 Å². The van der Waals surface area contributed by atoms with E-state index in [4.69, 9.17) is 9.47 Å². The number of amides is 1. The summed E-state index contributed by atoms with van der Waals surface area (Å²) in [6.45, 7) is 1.06. The summed E-state index contributed by atoms with van der Waals surface area (Å²) in [5.41, 5.74) is 3.31. The number of ether oxygens (including phenoxy) is 2. The standard InChI is InChI=1S/C32H27NO6/c1-22-12-14-26(15-13-22)32(37)39-27-18-16-23(17-19-27)28(34)21-38-29(35)20-33-31(36)30(24-8-4-2-5-9-24)25-10-6-3-7-11-25/h2-19,30H,20-21H2,1H3,(H,33,36). The number of carbonyl (C=O) groups is 4. The third-order valence-electron chi connectivity index (χ3n) is 5.97. The molecule has 4 aromatic carbocycles. The van der Waals surface area contributed by atoms with E-state index in [2.05, 4.69) is 5.32 Å². The zero-order chi connectivity index (χ0) is 27.6. The Morgan fingerprint density at radius 1 is 0.692 bits per heavy atom. The first kappa shape index (κ1) is 27.0. The number of hydrogen-bond donors (Lipinski definition) is 1. The minimum atomic E-state index is -0.736. The van der Waals surface area contributed by atoms with Gasteiger partial charge >= 0.3 is 11.9 Å². The highest BCUT2D eigenvalue weighted by Gasteiger charge is 2.23. The van der Waals surface area contributed by atoms with Crippen LogP contribution in [0.1, 0.15) is 43.3 Å². The van der Waals surface area contributed by atoms with Gasteiger partial charge in [0.15, 0.2) is 12.4 Å². The van der Waals surface area contributed by atoms with Gasteiger partial charge in [-0.05, 0) is 54.4 Å². The van der Waals surface area contributed by atoms with Crippen molar-refractivity contribution < 1.29 is 28.7 Å². The van der Waals surface area contributed by atoms with Gasteiger partial charge in [0.1, 0.15) is 12.3 Å². The molecule has 1 amide bonds. The van der Waals surface area contributed by atoms with Crippen molar-refractivity contribution in [1.29, 1.82) is 0 Å². The van der Waals surface area contributed by atoms with Crippen molar-refractivity contribution >= 4 is 23.6 Å². The molecule has 0 spiro atoms. The maximum atomic E-state index is 13.0. The normalized spacial score (nSPS) is 10.5. The van der Waals surface area contributed by atoms with Crippen molar-refractivity contribution in [3.63, 3.8) is 0 Å². The van der Waals surface area contributed by atoms with Gasteiger partial charge in [-0.3, -0.25) is 14.4 Å². The van der Waals surface area contributed by atoms with Crippen LogP contribution in [0.15, 0.2) is 109 Å². The van der Waals surface area contributed by atoms with Crippen LogP contribution in [0, 0.1) is 6.92 Å². The van der Waals surface area contributed by atoms with Gasteiger partial charge in [-0.15, -0.1) is 0 Å². The Hall–Kier alpha value is -5.04. The summed E-state index contributed by atoms with van der Waals surface area (Å²) in [5, 5.41) is 2.61. The van der Waals surface area contributed by atoms with Gasteiger partial charge in [-0.1, -0.05) is 78.4 Å². The summed E-state index contributed by atoms with van der Waals surface area (Å²) in [7, 11) is 0. The zero-order valence-electron chi connectivity index (χ0n) is 21.3. The number of Topliss-reactive ketones (excluding diaryl/α,β-unsaturated/α-hetero) is 1. The molecule has 0 atom stereocenters. The summed E-state index contributed by atoms with van der Waals surface area (Å²) in [6.07, 6.45) is 0. The summed E-state index contributed by atoms with van der Waals surface area (Å²) < 4.78 is 10.4. The van der Waals surface area contributed by atoms with Crippen molar-refractivity contribution in [3.8, 4) is 5.75 Å². The van der Waals surface area contributed by atoms with Gasteiger partial charge in [-0.25, -0.2) is 4.79 Å². The van der Waals surface area contributed by atoms with Crippen molar-refractivity contribution in [2.75, 3.05) is 13.2 Å². The second-order valence-electron chi connectivity index (χ2n) is 8.84. The van der Waals surface area contributed by atoms with Crippen LogP contribution in [0.2, 0.25) is 0 Å². The van der Waals surface area contributed by atoms with Crippen LogP contribution in [0.4, 0.5) is 0 Å². The third-order valence-corrected chi connectivity index (χ3v) is 5.97. The zero-order valence-corrected chi connectivity index (χ0v) is 21.3. The number of rotatable bonds is 10. The van der Waals surface area contributed by atoms with Crippen molar-refractivity contribution in [2.45, 2.75) is 12.8 Å². The van der Waals surface area contributed by atoms with Crippen LogP contribution < -0.4 is 10.1 Å². The summed E-state index contributed by atoms with van der Waals surface area (Å²) >= 11 is 0. The number of hydrogen-bond acceptors (Lipinski definition) is 6. The smallest absolute Gasteiger partial charge is 0.343 e. The summed E-state index contributed by atoms with van der Waals surface area (Å²) in [5.74, 6) is -2.35. The molecule has 7 nitrogen and oxygen atoms in total. The van der Waals surface area contributed by atoms with Crippen LogP contribution in [0.25, 0.3) is 0 Å². The molecular formula is C32H27NO6. The average Bonchev–Trinajstić information content (AvgIpc) is 2.97. The van der Waals surface area contributed by atoms with E-state index in [1.807, 2.05) is 79.7 Å². The molecule has 0 aliphatic heterocycles. The number of aryl methyl sites for hydroxylation is 1. The third kappa shape index (κ3) is 7.49. The Labute approximate surface area is 226 Å². The van der Waals surface area contributed by atoms with E-state index >= 15 is 0 Å². The molecule has 0 saturated heterocycles. The van der Waals surface area contributed by atoms with Gasteiger partial charge < -0.3 is 14.8 Å². The predicted molar refractivity (Wildman–Crippen MR) is 146 cm³/mol. The van der Waals surface area contributed by atoms with Crippen molar-refractivity contribution in [2.24, 2.45) is 0 Å². The Morgan fingerprint density at radius 2 is 1.23 bits per heavy atom. The lowest BCUT2D eigenvalue weighted by Gasteiger charge is -2.17. The molecule has 0 unspecified atom stereocenters. The van der Waals surface area contributed by atoms with E-state index in [0.717, 1.165) is 16.7 Å². The Morgan fingerprint density at radius 3 is 1.79 bits per heavy atom. The van der Waals surface area contributed by atoms with Gasteiger partial charge in [0.2, 0.25) is 5.91 Å². The number of ketones is 1. The van der Waals surface area contributed by atoms with Gasteiger partial charge in [0.05, 0.1) is 11.5 Å². The molecule has 0 bridgehead atoms. The maximum Gasteiger partial charge on any atom is 0.343 e. The number of nitrogens with one attached hydrogen (secondary N) is 1. The first-order valence-electron chi connectivity index (χ1n) is 12.4. The number of carbonyl (C=O) groups excluding carboxylic acids is 4. The number of benzene rings is 4. The SMILES string of the molecule is Cc1ccc(C(=O)Oc2ccc(C(=O)COC(=O)CNC(=O)C(c3ccccc3)c3ccccc3)cc2)cc1. The first-order valence-corrected chi connectivity index (χ1v) is 12.4. The van der Waals surface area contributed by atoms with Gasteiger partial charge in [0, 0.05) is 5.56 Å². The van der Waals surface area contributed by atoms with E-state index in [1.165, 1.54) is 24.3 Å². The molecule has 4 aromatic rings. The Kier molecular flexibility index (Phi) is 8.98. The lowest BCUT2D eigenvalue weighted by Crippen LogP contribution is -2.35. The second kappa shape index (κ2) is 13.0. The molecule has 0 fully saturated rings. The monoisotopic (exact) mass is 521 g/mol. The van der Waals surface area contributed by atoms with E-state index < -0.39 is 30.2 Å². The predicted octanol–water partition coefficient (Wildman–Crippen LogP) is 4.89. The molecule has 39 heavy (non-hydrogen) atoms. The largest absolute Gasteiger partial charge is 0.456 e. The fourth-order valence-corrected chi connectivity index (χ4v) is 3.89. The van der Waals surface area contributed by atoms with E-state index in [-0.39, 0.29) is 23.8 Å². The summed E-state index contributed by atoms with van der Waals surface area (Å²) in [6, 6.07) is 31.5. The molecular weight excluding hydrogens is 494 g/mol. The molecule has 0 aromatic heterocycles. The molecule has 0 saturated carbocycles. The lowest BCUT2D eigenvalue weighted by molar-refractivity contribution is -0.142. The molecule has 196 valence electrons. The Bertz CT molecular complexity index is 1390. The fourth-order valence-electron chi connectivity index (χ4n) is 3.89. The van der Waals surface area contributed by atoms with Crippen molar-refractivity contribution in [1.82, 2.24) is 5.32 Å². The quantitative estimate of drug-likeness (QED) is 0.181. The lowest BCUT2D eigenvalue weighted by atomic mass is 9.90. The molecule has 0 aliphatic carbocycles. The van der Waals surface area contributed by atoms with Crippen molar-refractivity contribution in [3.05, 3.63) is 137 Å². The van der Waals surface area contributed by atoms with Gasteiger partial charge in [0.25, 0.3) is 0 Å². The average molecular weight is 522 g/mol. The molecule has 0 aliphatic rings. The minimum absolute atomic E-state index is 0.281. The molecule has 1 N–H and O–H groups in total. The van der Waals surface area contributed by atoms with Crippen LogP contribution in [0.3, 0.4) is 0 Å².